The molecule has 4 heterocycles. The highest BCUT2D eigenvalue weighted by atomic mass is 16.3. The molecule has 0 atom stereocenters. The van der Waals surface area contributed by atoms with E-state index in [1.165, 1.54) is 22.3 Å². The van der Waals surface area contributed by atoms with Crippen LogP contribution in [-0.4, -0.2) is 9.97 Å². The Morgan fingerprint density at radius 1 is 0.318 bits per heavy atom. The number of nitrogens with zero attached hydrogens (tertiary/aromatic N) is 2. The highest BCUT2D eigenvalue weighted by molar-refractivity contribution is 6.06. The number of benzene rings is 5. The fourth-order valence-corrected chi connectivity index (χ4v) is 6.22. The van der Waals surface area contributed by atoms with Gasteiger partial charge >= 0.3 is 0 Å². The van der Waals surface area contributed by atoms with Crippen molar-refractivity contribution in [3.8, 4) is 44.5 Å². The van der Waals surface area contributed by atoms with Gasteiger partial charge in [-0.3, -0.25) is 0 Å². The zero-order chi connectivity index (χ0) is 29.0. The normalized spacial score (nSPS) is 11.6. The summed E-state index contributed by atoms with van der Waals surface area (Å²) in [4.78, 5) is 8.76. The fraction of sp³-hybridized carbons (Fsp3) is 0. The molecule has 0 amide bonds. The molecule has 5 aromatic carbocycles. The molecule has 0 aliphatic heterocycles. The summed E-state index contributed by atoms with van der Waals surface area (Å²) in [6, 6.07) is 46.9. The Labute approximate surface area is 252 Å². The van der Waals surface area contributed by atoms with Gasteiger partial charge in [-0.05, 0) is 111 Å². The second kappa shape index (κ2) is 9.79. The third kappa shape index (κ3) is 4.08. The summed E-state index contributed by atoms with van der Waals surface area (Å²) in [6.45, 7) is 0. The number of pyridine rings is 2. The minimum atomic E-state index is 0.669. The second-order valence-corrected chi connectivity index (χ2v) is 11.1. The van der Waals surface area contributed by atoms with Crippen molar-refractivity contribution >= 4 is 44.1 Å². The summed E-state index contributed by atoms with van der Waals surface area (Å²) in [6.07, 6.45) is 3.53. The van der Waals surface area contributed by atoms with Crippen LogP contribution in [0.1, 0.15) is 0 Å². The zero-order valence-corrected chi connectivity index (χ0v) is 23.6. The largest absolute Gasteiger partial charge is 0.438 e. The molecule has 4 heteroatoms. The van der Waals surface area contributed by atoms with Gasteiger partial charge in [0.15, 0.2) is 0 Å². The molecule has 0 bridgehead atoms. The number of rotatable bonds is 4. The van der Waals surface area contributed by atoms with Crippen molar-refractivity contribution in [2.75, 3.05) is 0 Å². The molecule has 0 saturated carbocycles. The molecular weight excluding hydrogens is 540 g/mol. The van der Waals surface area contributed by atoms with Crippen molar-refractivity contribution in [3.63, 3.8) is 0 Å². The molecule has 0 saturated heterocycles. The molecule has 9 aromatic rings. The molecule has 9 rings (SSSR count). The van der Waals surface area contributed by atoms with E-state index >= 15 is 0 Å². The molecule has 0 aliphatic carbocycles. The molecule has 0 unspecified atom stereocenters. The number of aromatic nitrogens is 2. The highest BCUT2D eigenvalue weighted by Crippen LogP contribution is 2.36. The van der Waals surface area contributed by atoms with Gasteiger partial charge in [-0.25, -0.2) is 9.97 Å². The molecule has 4 aromatic heterocycles. The highest BCUT2D eigenvalue weighted by Gasteiger charge is 2.12. The van der Waals surface area contributed by atoms with Crippen molar-refractivity contribution in [1.29, 1.82) is 0 Å². The van der Waals surface area contributed by atoms with Crippen LogP contribution >= 0.6 is 0 Å². The Kier molecular flexibility index (Phi) is 5.47. The quantitative estimate of drug-likeness (QED) is 0.213. The standard InChI is InChI=1S/C40H24N2O2/c1-6-25(27-8-2-10-29(21-27)31-14-16-37-35(23-31)33-12-4-18-41-39(33)43-37)20-26(7-1)28-9-3-11-30(22-28)32-15-17-38-36(24-32)34-13-5-19-42-40(34)44-38/h1-24H. The van der Waals surface area contributed by atoms with Gasteiger partial charge < -0.3 is 8.83 Å². The van der Waals surface area contributed by atoms with Crippen molar-refractivity contribution in [2.24, 2.45) is 0 Å². The minimum absolute atomic E-state index is 0.669. The number of fused-ring (bicyclic) bond motifs is 6. The van der Waals surface area contributed by atoms with Crippen LogP contribution in [-0.2, 0) is 0 Å². The van der Waals surface area contributed by atoms with Gasteiger partial charge in [0, 0.05) is 33.9 Å². The molecule has 0 fully saturated rings. The number of hydrogen-bond donors (Lipinski definition) is 0. The SMILES string of the molecule is c1cc(-c2cccc(-c3ccc4oc5ncccc5c4c3)c2)cc(-c2cccc(-c3ccc4oc5ncccc5c4c3)c2)c1. The Bertz CT molecular complexity index is 2350. The maximum atomic E-state index is 5.94. The lowest BCUT2D eigenvalue weighted by Gasteiger charge is -2.10. The maximum absolute atomic E-state index is 5.94. The van der Waals surface area contributed by atoms with E-state index in [9.17, 15) is 0 Å². The van der Waals surface area contributed by atoms with Gasteiger partial charge in [-0.2, -0.15) is 0 Å². The summed E-state index contributed by atoms with van der Waals surface area (Å²) in [5.41, 5.74) is 12.3. The first-order valence-corrected chi connectivity index (χ1v) is 14.6. The third-order valence-corrected chi connectivity index (χ3v) is 8.42. The van der Waals surface area contributed by atoms with E-state index in [2.05, 4.69) is 119 Å². The molecule has 0 spiro atoms. The van der Waals surface area contributed by atoms with Crippen LogP contribution in [0.5, 0.6) is 0 Å². The molecule has 4 nitrogen and oxygen atoms in total. The van der Waals surface area contributed by atoms with Gasteiger partial charge in [0.2, 0.25) is 11.4 Å². The van der Waals surface area contributed by atoms with E-state index in [1.807, 2.05) is 24.3 Å². The average molecular weight is 565 g/mol. The van der Waals surface area contributed by atoms with Gasteiger partial charge in [-0.1, -0.05) is 66.7 Å². The summed E-state index contributed by atoms with van der Waals surface area (Å²) in [5, 5.41) is 4.22. The lowest BCUT2D eigenvalue weighted by Crippen LogP contribution is -1.85. The van der Waals surface area contributed by atoms with E-state index < -0.39 is 0 Å². The van der Waals surface area contributed by atoms with E-state index in [1.54, 1.807) is 12.4 Å². The Balaban J connectivity index is 1.07. The first-order chi connectivity index (χ1) is 21.8. The minimum Gasteiger partial charge on any atom is -0.438 e. The third-order valence-electron chi connectivity index (χ3n) is 8.42. The Morgan fingerprint density at radius 3 is 1.07 bits per heavy atom. The van der Waals surface area contributed by atoms with Crippen molar-refractivity contribution in [3.05, 3.63) is 146 Å². The van der Waals surface area contributed by atoms with Crippen LogP contribution in [0.15, 0.2) is 155 Å². The lowest BCUT2D eigenvalue weighted by atomic mass is 9.94. The maximum Gasteiger partial charge on any atom is 0.227 e. The van der Waals surface area contributed by atoms with E-state index in [4.69, 9.17) is 8.83 Å². The van der Waals surface area contributed by atoms with E-state index in [0.29, 0.717) is 11.4 Å². The van der Waals surface area contributed by atoms with Crippen molar-refractivity contribution in [2.45, 2.75) is 0 Å². The van der Waals surface area contributed by atoms with Crippen molar-refractivity contribution < 1.29 is 8.83 Å². The second-order valence-electron chi connectivity index (χ2n) is 11.1. The number of hydrogen-bond acceptors (Lipinski definition) is 4. The summed E-state index contributed by atoms with van der Waals surface area (Å²) in [7, 11) is 0. The summed E-state index contributed by atoms with van der Waals surface area (Å²) >= 11 is 0. The molecule has 44 heavy (non-hydrogen) atoms. The first kappa shape index (κ1) is 24.6. The van der Waals surface area contributed by atoms with Gasteiger partial charge in [0.1, 0.15) is 11.2 Å². The van der Waals surface area contributed by atoms with Gasteiger partial charge in [0.25, 0.3) is 0 Å². The zero-order valence-electron chi connectivity index (χ0n) is 23.6. The smallest absolute Gasteiger partial charge is 0.227 e. The predicted octanol–water partition coefficient (Wildman–Crippen LogP) is 10.9. The van der Waals surface area contributed by atoms with Crippen LogP contribution in [0.4, 0.5) is 0 Å². The van der Waals surface area contributed by atoms with Crippen molar-refractivity contribution in [1.82, 2.24) is 9.97 Å². The monoisotopic (exact) mass is 564 g/mol. The summed E-state index contributed by atoms with van der Waals surface area (Å²) in [5.74, 6) is 0. The molecule has 0 N–H and O–H groups in total. The predicted molar refractivity (Wildman–Crippen MR) is 178 cm³/mol. The van der Waals surface area contributed by atoms with E-state index in [0.717, 1.165) is 55.0 Å². The Hall–Kier alpha value is -6.00. The van der Waals surface area contributed by atoms with Crippen LogP contribution in [0.25, 0.3) is 88.6 Å². The molecule has 0 aliphatic rings. The number of furan rings is 2. The van der Waals surface area contributed by atoms with E-state index in [-0.39, 0.29) is 0 Å². The van der Waals surface area contributed by atoms with Gasteiger partial charge in [-0.15, -0.1) is 0 Å². The van der Waals surface area contributed by atoms with Crippen LogP contribution in [0, 0.1) is 0 Å². The topological polar surface area (TPSA) is 52.1 Å². The van der Waals surface area contributed by atoms with Crippen LogP contribution in [0.2, 0.25) is 0 Å². The lowest BCUT2D eigenvalue weighted by molar-refractivity contribution is 0.653. The average Bonchev–Trinajstić information content (AvgIpc) is 3.66. The molecular formula is C40H24N2O2. The summed E-state index contributed by atoms with van der Waals surface area (Å²) < 4.78 is 11.9. The van der Waals surface area contributed by atoms with Crippen LogP contribution in [0.3, 0.4) is 0 Å². The first-order valence-electron chi connectivity index (χ1n) is 14.6. The fourth-order valence-electron chi connectivity index (χ4n) is 6.22. The Morgan fingerprint density at radius 2 is 0.682 bits per heavy atom. The molecule has 0 radical (unpaired) electrons. The molecule has 206 valence electrons. The van der Waals surface area contributed by atoms with Crippen LogP contribution < -0.4 is 0 Å². The van der Waals surface area contributed by atoms with Gasteiger partial charge in [0.05, 0.1) is 0 Å².